The van der Waals surface area contributed by atoms with Crippen LogP contribution in [0.15, 0.2) is 62.8 Å². The number of allylic oxidation sites excluding steroid dienone is 3. The maximum Gasteiger partial charge on any atom is 0.379 e. The number of para-hydroxylation sites is 1. The Morgan fingerprint density at radius 2 is 1.96 bits per heavy atom. The maximum atomic E-state index is 11.8. The second-order valence-corrected chi connectivity index (χ2v) is 5.94. The molecule has 0 spiro atoms. The highest BCUT2D eigenvalue weighted by molar-refractivity contribution is 5.77. The minimum Gasteiger partial charge on any atom is -0.460 e. The van der Waals surface area contributed by atoms with Gasteiger partial charge >= 0.3 is 5.63 Å². The average molecular weight is 328 g/mol. The van der Waals surface area contributed by atoms with E-state index in [-0.39, 0.29) is 12.5 Å². The van der Waals surface area contributed by atoms with Crippen molar-refractivity contribution in [3.63, 3.8) is 0 Å². The lowest BCUT2D eigenvalue weighted by molar-refractivity contribution is 0.0283. The van der Waals surface area contributed by atoms with Crippen molar-refractivity contribution in [2.24, 2.45) is 0 Å². The summed E-state index contributed by atoms with van der Waals surface area (Å²) in [7, 11) is 0. The number of rotatable bonds is 8. The van der Waals surface area contributed by atoms with Gasteiger partial charge in [0, 0.05) is 5.39 Å². The van der Waals surface area contributed by atoms with Gasteiger partial charge in [-0.1, -0.05) is 41.5 Å². The molecule has 128 valence electrons. The molecule has 1 aromatic carbocycles. The van der Waals surface area contributed by atoms with Gasteiger partial charge in [-0.3, -0.25) is 0 Å². The van der Waals surface area contributed by atoms with Crippen molar-refractivity contribution in [3.8, 4) is 5.75 Å². The molecule has 0 fully saturated rings. The van der Waals surface area contributed by atoms with Crippen LogP contribution in [0.3, 0.4) is 0 Å². The third-order valence-electron chi connectivity index (χ3n) is 3.55. The summed E-state index contributed by atoms with van der Waals surface area (Å²) in [5, 5.41) is 0.821. The van der Waals surface area contributed by atoms with Crippen LogP contribution in [0.2, 0.25) is 0 Å². The highest BCUT2D eigenvalue weighted by Gasteiger charge is 2.05. The molecular weight excluding hydrogens is 304 g/mol. The normalized spacial score (nSPS) is 11.5. The molecule has 0 atom stereocenters. The highest BCUT2D eigenvalue weighted by atomic mass is 16.7. The molecule has 0 unspecified atom stereocenters. The van der Waals surface area contributed by atoms with Gasteiger partial charge in [-0.2, -0.15) is 0 Å². The Morgan fingerprint density at radius 3 is 2.75 bits per heavy atom. The van der Waals surface area contributed by atoms with E-state index in [1.165, 1.54) is 11.1 Å². The van der Waals surface area contributed by atoms with E-state index in [2.05, 4.69) is 26.8 Å². The smallest absolute Gasteiger partial charge is 0.379 e. The second kappa shape index (κ2) is 9.08. The van der Waals surface area contributed by atoms with Crippen molar-refractivity contribution in [2.75, 3.05) is 13.4 Å². The minimum atomic E-state index is -0.495. The molecule has 2 rings (SSSR count). The second-order valence-electron chi connectivity index (χ2n) is 5.94. The van der Waals surface area contributed by atoms with Gasteiger partial charge in [-0.25, -0.2) is 4.79 Å². The van der Waals surface area contributed by atoms with E-state index in [1.54, 1.807) is 12.1 Å². The first kappa shape index (κ1) is 18.0. The molecule has 0 saturated carbocycles. The van der Waals surface area contributed by atoms with Crippen molar-refractivity contribution in [2.45, 2.75) is 33.6 Å². The number of hydrogen-bond donors (Lipinski definition) is 0. The Morgan fingerprint density at radius 1 is 1.17 bits per heavy atom. The molecule has 0 N–H and O–H groups in total. The first-order valence-electron chi connectivity index (χ1n) is 8.08. The summed E-state index contributed by atoms with van der Waals surface area (Å²) in [5.74, 6) is 0.165. The zero-order chi connectivity index (χ0) is 17.4. The molecule has 2 aromatic rings. The van der Waals surface area contributed by atoms with Crippen molar-refractivity contribution < 1.29 is 13.9 Å². The van der Waals surface area contributed by atoms with Crippen LogP contribution in [-0.2, 0) is 4.74 Å². The predicted octanol–water partition coefficient (Wildman–Crippen LogP) is 4.84. The Balaban J connectivity index is 1.79. The van der Waals surface area contributed by atoms with Crippen molar-refractivity contribution >= 4 is 11.0 Å². The Kier molecular flexibility index (Phi) is 6.82. The van der Waals surface area contributed by atoms with E-state index in [0.717, 1.165) is 18.2 Å². The molecule has 0 radical (unpaired) electrons. The molecule has 24 heavy (non-hydrogen) atoms. The van der Waals surface area contributed by atoms with Crippen LogP contribution in [0.1, 0.15) is 33.6 Å². The molecule has 0 aliphatic heterocycles. The van der Waals surface area contributed by atoms with E-state index >= 15 is 0 Å². The summed E-state index contributed by atoms with van der Waals surface area (Å²) < 4.78 is 16.0. The summed E-state index contributed by atoms with van der Waals surface area (Å²) in [4.78, 5) is 11.8. The van der Waals surface area contributed by atoms with E-state index < -0.39 is 5.63 Å². The largest absolute Gasteiger partial charge is 0.460 e. The first-order chi connectivity index (χ1) is 11.6. The van der Waals surface area contributed by atoms with Crippen LogP contribution in [-0.4, -0.2) is 13.4 Å². The lowest BCUT2D eigenvalue weighted by atomic mass is 10.1. The monoisotopic (exact) mass is 328 g/mol. The number of fused-ring (bicyclic) bond motifs is 1. The number of benzene rings is 1. The lowest BCUT2D eigenvalue weighted by Gasteiger charge is -2.06. The quantitative estimate of drug-likeness (QED) is 0.301. The lowest BCUT2D eigenvalue weighted by Crippen LogP contribution is -2.10. The van der Waals surface area contributed by atoms with Gasteiger partial charge in [0.15, 0.2) is 6.79 Å². The van der Waals surface area contributed by atoms with E-state index in [1.807, 2.05) is 24.3 Å². The van der Waals surface area contributed by atoms with Gasteiger partial charge in [0.25, 0.3) is 0 Å². The molecule has 0 amide bonds. The molecule has 0 aliphatic carbocycles. The van der Waals surface area contributed by atoms with E-state index in [0.29, 0.717) is 12.2 Å². The zero-order valence-corrected chi connectivity index (χ0v) is 14.5. The van der Waals surface area contributed by atoms with Crippen LogP contribution in [0, 0.1) is 0 Å². The SMILES string of the molecule is CC(C)=CCCC(C)=CCOCOc1cc2ccccc2oc1=O. The van der Waals surface area contributed by atoms with Gasteiger partial charge in [0.2, 0.25) is 5.75 Å². The van der Waals surface area contributed by atoms with Crippen LogP contribution in [0.4, 0.5) is 0 Å². The molecule has 0 saturated heterocycles. The Bertz CT molecular complexity index is 780. The Hall–Kier alpha value is -2.33. The minimum absolute atomic E-state index is 0.0147. The van der Waals surface area contributed by atoms with Crippen LogP contribution in [0.5, 0.6) is 5.75 Å². The van der Waals surface area contributed by atoms with Crippen molar-refractivity contribution in [1.82, 2.24) is 0 Å². The maximum absolute atomic E-state index is 11.8. The average Bonchev–Trinajstić information content (AvgIpc) is 2.54. The van der Waals surface area contributed by atoms with Gasteiger partial charge in [0.05, 0.1) is 6.61 Å². The third-order valence-corrected chi connectivity index (χ3v) is 3.55. The van der Waals surface area contributed by atoms with Gasteiger partial charge in [-0.05, 0) is 45.7 Å². The molecule has 4 heteroatoms. The summed E-state index contributed by atoms with van der Waals surface area (Å²) in [6, 6.07) is 8.99. The van der Waals surface area contributed by atoms with Crippen molar-refractivity contribution in [1.29, 1.82) is 0 Å². The van der Waals surface area contributed by atoms with E-state index in [4.69, 9.17) is 13.9 Å². The zero-order valence-electron chi connectivity index (χ0n) is 14.5. The molecule has 0 aliphatic rings. The third kappa shape index (κ3) is 5.70. The summed E-state index contributed by atoms with van der Waals surface area (Å²) in [5.41, 5.74) is 2.66. The fourth-order valence-corrected chi connectivity index (χ4v) is 2.19. The number of hydrogen-bond acceptors (Lipinski definition) is 4. The first-order valence-corrected chi connectivity index (χ1v) is 8.08. The van der Waals surface area contributed by atoms with Gasteiger partial charge < -0.3 is 13.9 Å². The Labute approximate surface area is 142 Å². The predicted molar refractivity (Wildman–Crippen MR) is 96.4 cm³/mol. The summed E-state index contributed by atoms with van der Waals surface area (Å²) >= 11 is 0. The molecule has 1 heterocycles. The van der Waals surface area contributed by atoms with Gasteiger partial charge in [0.1, 0.15) is 5.58 Å². The molecule has 1 aromatic heterocycles. The molecule has 4 nitrogen and oxygen atoms in total. The van der Waals surface area contributed by atoms with Crippen LogP contribution >= 0.6 is 0 Å². The topological polar surface area (TPSA) is 48.7 Å². The fraction of sp³-hybridized carbons (Fsp3) is 0.350. The van der Waals surface area contributed by atoms with E-state index in [9.17, 15) is 4.79 Å². The molecular formula is C20H24O4. The van der Waals surface area contributed by atoms with Crippen LogP contribution in [0.25, 0.3) is 11.0 Å². The standard InChI is InChI=1S/C20H24O4/c1-15(2)7-6-8-16(3)11-12-22-14-23-19-13-17-9-4-5-10-18(17)24-20(19)21/h4-5,7,9-11,13H,6,8,12,14H2,1-3H3. The fourth-order valence-electron chi connectivity index (χ4n) is 2.19. The molecule has 0 bridgehead atoms. The summed E-state index contributed by atoms with van der Waals surface area (Å²) in [6.45, 7) is 6.76. The van der Waals surface area contributed by atoms with Gasteiger partial charge in [-0.15, -0.1) is 0 Å². The summed E-state index contributed by atoms with van der Waals surface area (Å²) in [6.07, 6.45) is 6.31. The van der Waals surface area contributed by atoms with Crippen LogP contribution < -0.4 is 10.4 Å². The van der Waals surface area contributed by atoms with Crippen molar-refractivity contribution in [3.05, 3.63) is 64.1 Å². The number of ether oxygens (including phenoxy) is 2. The highest BCUT2D eigenvalue weighted by Crippen LogP contribution is 2.16.